The molecule has 5 nitrogen and oxygen atoms in total. The van der Waals surface area contributed by atoms with E-state index in [2.05, 4.69) is 75.7 Å². The second-order valence-corrected chi connectivity index (χ2v) is 8.51. The average Bonchev–Trinajstić information content (AvgIpc) is 3.27. The minimum absolute atomic E-state index is 0.0490. The van der Waals surface area contributed by atoms with Gasteiger partial charge in [0.1, 0.15) is 6.04 Å². The number of hydrazine groups is 1. The summed E-state index contributed by atoms with van der Waals surface area (Å²) in [5, 5.41) is 0. The molecule has 0 radical (unpaired) electrons. The van der Waals surface area contributed by atoms with Crippen LogP contribution >= 0.6 is 15.9 Å². The Kier molecular flexibility index (Phi) is 4.90. The van der Waals surface area contributed by atoms with Gasteiger partial charge in [0.2, 0.25) is 5.91 Å². The molecule has 4 rings (SSSR count). The van der Waals surface area contributed by atoms with Gasteiger partial charge in [-0.2, -0.15) is 0 Å². The number of alkyl halides is 1. The molecule has 2 aliphatic rings. The van der Waals surface area contributed by atoms with Crippen molar-refractivity contribution in [3.8, 4) is 0 Å². The Morgan fingerprint density at radius 3 is 2.58 bits per heavy atom. The number of rotatable bonds is 3. The summed E-state index contributed by atoms with van der Waals surface area (Å²) in [7, 11) is 0. The van der Waals surface area contributed by atoms with Gasteiger partial charge in [0.25, 0.3) is 0 Å². The van der Waals surface area contributed by atoms with Gasteiger partial charge < -0.3 is 9.47 Å². The van der Waals surface area contributed by atoms with Crippen LogP contribution in [0.25, 0.3) is 0 Å². The number of carbonyl (C=O) groups excluding carboxylic acids is 1. The van der Waals surface area contributed by atoms with E-state index in [1.165, 1.54) is 5.69 Å². The molecule has 0 saturated carbocycles. The van der Waals surface area contributed by atoms with Crippen LogP contribution < -0.4 is 10.9 Å². The van der Waals surface area contributed by atoms with E-state index < -0.39 is 0 Å². The third kappa shape index (κ3) is 3.00. The molecule has 1 fully saturated rings. The van der Waals surface area contributed by atoms with E-state index in [1.807, 2.05) is 23.1 Å². The molecule has 138 valence electrons. The standard InChI is InChI=1S/C20H25BrN4O/c1-13(2)17-16(21)18(23-22-17)20(26)25-12-11-24-10-6-9-15(24)19(25)14-7-4-3-5-8-14/h3-10,13,16-19,22-23H,11-12H2,1-2H3. The predicted octanol–water partition coefficient (Wildman–Crippen LogP) is 2.68. The van der Waals surface area contributed by atoms with Crippen molar-refractivity contribution >= 4 is 21.8 Å². The molecule has 0 spiro atoms. The van der Waals surface area contributed by atoms with Crippen molar-refractivity contribution in [2.45, 2.75) is 43.3 Å². The van der Waals surface area contributed by atoms with E-state index in [1.54, 1.807) is 0 Å². The lowest BCUT2D eigenvalue weighted by Gasteiger charge is -2.39. The van der Waals surface area contributed by atoms with Crippen molar-refractivity contribution in [3.63, 3.8) is 0 Å². The van der Waals surface area contributed by atoms with Crippen LogP contribution in [0.2, 0.25) is 0 Å². The fourth-order valence-electron chi connectivity index (χ4n) is 4.07. The first-order chi connectivity index (χ1) is 12.6. The molecule has 0 aliphatic carbocycles. The lowest BCUT2D eigenvalue weighted by atomic mass is 9.96. The zero-order chi connectivity index (χ0) is 18.3. The fraction of sp³-hybridized carbons (Fsp3) is 0.450. The van der Waals surface area contributed by atoms with Crippen molar-refractivity contribution in [3.05, 3.63) is 59.9 Å². The zero-order valence-corrected chi connectivity index (χ0v) is 16.7. The molecule has 4 unspecified atom stereocenters. The first-order valence-corrected chi connectivity index (χ1v) is 10.1. The number of carbonyl (C=O) groups is 1. The third-order valence-electron chi connectivity index (χ3n) is 5.49. The number of fused-ring (bicyclic) bond motifs is 1. The van der Waals surface area contributed by atoms with E-state index in [0.717, 1.165) is 12.1 Å². The predicted molar refractivity (Wildman–Crippen MR) is 106 cm³/mol. The number of hydrogen-bond acceptors (Lipinski definition) is 3. The quantitative estimate of drug-likeness (QED) is 0.756. The first-order valence-electron chi connectivity index (χ1n) is 9.23. The normalized spacial score (nSPS) is 28.4. The summed E-state index contributed by atoms with van der Waals surface area (Å²) in [5.74, 6) is 0.581. The number of benzene rings is 1. The number of nitrogens with one attached hydrogen (secondary N) is 2. The van der Waals surface area contributed by atoms with Gasteiger partial charge in [-0.3, -0.25) is 10.2 Å². The topological polar surface area (TPSA) is 49.3 Å². The maximum absolute atomic E-state index is 13.5. The average molecular weight is 417 g/mol. The Bertz CT molecular complexity index is 775. The van der Waals surface area contributed by atoms with Crippen LogP contribution in [0.4, 0.5) is 0 Å². The van der Waals surface area contributed by atoms with Gasteiger partial charge in [-0.25, -0.2) is 5.43 Å². The minimum Gasteiger partial charge on any atom is -0.348 e. The Balaban J connectivity index is 1.66. The van der Waals surface area contributed by atoms with Crippen LogP contribution in [-0.4, -0.2) is 38.8 Å². The lowest BCUT2D eigenvalue weighted by Crippen LogP contribution is -2.52. The smallest absolute Gasteiger partial charge is 0.243 e. The van der Waals surface area contributed by atoms with Crippen LogP contribution in [0.1, 0.15) is 31.1 Å². The molecule has 3 heterocycles. The highest BCUT2D eigenvalue weighted by molar-refractivity contribution is 9.09. The molecular formula is C20H25BrN4O. The monoisotopic (exact) mass is 416 g/mol. The Hall–Kier alpha value is -1.63. The fourth-order valence-corrected chi connectivity index (χ4v) is 5.17. The summed E-state index contributed by atoms with van der Waals surface area (Å²) in [6, 6.07) is 14.4. The van der Waals surface area contributed by atoms with E-state index >= 15 is 0 Å². The summed E-state index contributed by atoms with van der Waals surface area (Å²) >= 11 is 3.76. The molecule has 2 aromatic rings. The molecule has 0 bridgehead atoms. The molecule has 2 N–H and O–H groups in total. The van der Waals surface area contributed by atoms with Crippen LogP contribution in [0, 0.1) is 5.92 Å². The molecule has 1 aromatic carbocycles. The highest BCUT2D eigenvalue weighted by atomic mass is 79.9. The first kappa shape index (κ1) is 17.8. The molecule has 2 aliphatic heterocycles. The van der Waals surface area contributed by atoms with Crippen LogP contribution in [0.15, 0.2) is 48.7 Å². The van der Waals surface area contributed by atoms with Gasteiger partial charge in [-0.05, 0) is 23.6 Å². The minimum atomic E-state index is -0.268. The number of hydrogen-bond donors (Lipinski definition) is 2. The van der Waals surface area contributed by atoms with Gasteiger partial charge in [0.15, 0.2) is 0 Å². The molecule has 6 heteroatoms. The third-order valence-corrected chi connectivity index (χ3v) is 6.59. The van der Waals surface area contributed by atoms with E-state index in [-0.39, 0.29) is 28.9 Å². The number of nitrogens with zero attached hydrogens (tertiary/aromatic N) is 2. The highest BCUT2D eigenvalue weighted by Gasteiger charge is 2.44. The summed E-state index contributed by atoms with van der Waals surface area (Å²) in [5.41, 5.74) is 8.85. The summed E-state index contributed by atoms with van der Waals surface area (Å²) in [6.45, 7) is 5.88. The second kappa shape index (κ2) is 7.18. The molecule has 26 heavy (non-hydrogen) atoms. The largest absolute Gasteiger partial charge is 0.348 e. The van der Waals surface area contributed by atoms with Crippen LogP contribution in [-0.2, 0) is 11.3 Å². The molecule has 1 saturated heterocycles. The van der Waals surface area contributed by atoms with Gasteiger partial charge in [0.05, 0.1) is 10.9 Å². The van der Waals surface area contributed by atoms with Gasteiger partial charge >= 0.3 is 0 Å². The molecule has 1 amide bonds. The maximum Gasteiger partial charge on any atom is 0.243 e. The van der Waals surface area contributed by atoms with Gasteiger partial charge in [-0.1, -0.05) is 60.1 Å². The Labute approximate surface area is 162 Å². The van der Waals surface area contributed by atoms with Gasteiger partial charge in [-0.15, -0.1) is 0 Å². The molecule has 1 aromatic heterocycles. The molecular weight excluding hydrogens is 392 g/mol. The summed E-state index contributed by atoms with van der Waals surface area (Å²) < 4.78 is 2.25. The van der Waals surface area contributed by atoms with E-state index in [0.29, 0.717) is 12.5 Å². The highest BCUT2D eigenvalue weighted by Crippen LogP contribution is 2.34. The second-order valence-electron chi connectivity index (χ2n) is 7.45. The van der Waals surface area contributed by atoms with Crippen molar-refractivity contribution in [2.24, 2.45) is 5.92 Å². The zero-order valence-electron chi connectivity index (χ0n) is 15.1. The van der Waals surface area contributed by atoms with Crippen molar-refractivity contribution in [2.75, 3.05) is 6.54 Å². The van der Waals surface area contributed by atoms with Crippen molar-refractivity contribution in [1.82, 2.24) is 20.3 Å². The van der Waals surface area contributed by atoms with Crippen LogP contribution in [0.5, 0.6) is 0 Å². The maximum atomic E-state index is 13.5. The Morgan fingerprint density at radius 1 is 1.12 bits per heavy atom. The lowest BCUT2D eigenvalue weighted by molar-refractivity contribution is -0.135. The number of amides is 1. The van der Waals surface area contributed by atoms with E-state index in [4.69, 9.17) is 0 Å². The van der Waals surface area contributed by atoms with Crippen LogP contribution in [0.3, 0.4) is 0 Å². The van der Waals surface area contributed by atoms with E-state index in [9.17, 15) is 4.79 Å². The summed E-state index contributed by atoms with van der Waals surface area (Å²) in [4.78, 5) is 15.6. The summed E-state index contributed by atoms with van der Waals surface area (Å²) in [6.07, 6.45) is 2.10. The van der Waals surface area contributed by atoms with Crippen molar-refractivity contribution in [1.29, 1.82) is 0 Å². The number of aromatic nitrogens is 1. The van der Waals surface area contributed by atoms with Crippen molar-refractivity contribution < 1.29 is 4.79 Å². The molecule has 4 atom stereocenters. The van der Waals surface area contributed by atoms with Gasteiger partial charge in [0, 0.05) is 31.0 Å². The number of halogens is 1. The SMILES string of the molecule is CC(C)C1NNC(C(=O)N2CCn3cccc3C2c2ccccc2)C1Br. The Morgan fingerprint density at radius 2 is 1.88 bits per heavy atom.